The number of carbonyl (C=O) groups is 2. The molecule has 0 saturated heterocycles. The van der Waals surface area contributed by atoms with Gasteiger partial charge in [-0.2, -0.15) is 0 Å². The Hall–Kier alpha value is -1.93. The van der Waals surface area contributed by atoms with Gasteiger partial charge >= 0.3 is 5.97 Å². The minimum atomic E-state index is -1.34. The molecule has 24 heavy (non-hydrogen) atoms. The monoisotopic (exact) mass is 439 g/mol. The summed E-state index contributed by atoms with van der Waals surface area (Å²) in [5, 5.41) is 12.7. The Labute approximate surface area is 154 Å². The zero-order chi connectivity index (χ0) is 17.5. The highest BCUT2D eigenvalue weighted by atomic mass is 127. The molecule has 1 amide bonds. The second-order valence-corrected chi connectivity index (χ2v) is 6.48. The first kappa shape index (κ1) is 18.4. The highest BCUT2D eigenvalue weighted by Gasteiger charge is 2.26. The molecule has 0 unspecified atom stereocenters. The Morgan fingerprint density at radius 2 is 1.88 bits per heavy atom. The van der Waals surface area contributed by atoms with E-state index in [1.165, 1.54) is 7.11 Å². The predicted octanol–water partition coefficient (Wildman–Crippen LogP) is 2.23. The number of halogens is 1. The Bertz CT molecular complexity index is 705. The normalized spacial score (nSPS) is 13.0. The molecule has 0 heterocycles. The molecule has 5 nitrogen and oxygen atoms in total. The van der Waals surface area contributed by atoms with Crippen LogP contribution in [-0.2, 0) is 20.7 Å². The second-order valence-electron chi connectivity index (χ2n) is 5.23. The molecule has 2 rings (SSSR count). The van der Waals surface area contributed by atoms with Crippen LogP contribution in [0.2, 0.25) is 0 Å². The maximum absolute atomic E-state index is 12.3. The van der Waals surface area contributed by atoms with Crippen molar-refractivity contribution in [3.63, 3.8) is 0 Å². The first-order valence-electron chi connectivity index (χ1n) is 7.37. The van der Waals surface area contributed by atoms with Crippen molar-refractivity contribution in [3.8, 4) is 0 Å². The number of amides is 1. The lowest BCUT2D eigenvalue weighted by Crippen LogP contribution is -2.45. The van der Waals surface area contributed by atoms with Gasteiger partial charge in [0.25, 0.3) is 5.91 Å². The molecule has 0 spiro atoms. The Kier molecular flexibility index (Phi) is 6.74. The van der Waals surface area contributed by atoms with Crippen molar-refractivity contribution < 1.29 is 19.4 Å². The van der Waals surface area contributed by atoms with Crippen LogP contribution in [0.15, 0.2) is 54.6 Å². The van der Waals surface area contributed by atoms with E-state index >= 15 is 0 Å². The molecule has 0 aromatic heterocycles. The van der Waals surface area contributed by atoms with Crippen LogP contribution < -0.4 is 5.32 Å². The first-order chi connectivity index (χ1) is 11.5. The lowest BCUT2D eigenvalue weighted by molar-refractivity contribution is -0.146. The third-order valence-electron chi connectivity index (χ3n) is 3.49. The van der Waals surface area contributed by atoms with E-state index in [0.29, 0.717) is 5.56 Å². The van der Waals surface area contributed by atoms with Crippen LogP contribution in [0, 0.1) is 3.57 Å². The predicted molar refractivity (Wildman–Crippen MR) is 98.2 cm³/mol. The van der Waals surface area contributed by atoms with Crippen molar-refractivity contribution in [2.75, 3.05) is 7.11 Å². The maximum atomic E-state index is 12.3. The molecule has 2 aromatic carbocycles. The molecule has 0 aliphatic carbocycles. The van der Waals surface area contributed by atoms with E-state index in [0.717, 1.165) is 9.13 Å². The van der Waals surface area contributed by atoms with Crippen molar-refractivity contribution >= 4 is 34.5 Å². The van der Waals surface area contributed by atoms with Gasteiger partial charge in [0.15, 0.2) is 6.10 Å². The topological polar surface area (TPSA) is 75.6 Å². The molecule has 2 N–H and O–H groups in total. The van der Waals surface area contributed by atoms with Crippen molar-refractivity contribution in [1.29, 1.82) is 0 Å². The average Bonchev–Trinajstić information content (AvgIpc) is 2.60. The standard InChI is InChI=1S/C18H18INO4/c1-24-18(23)15(11-12-6-5-9-14(19)10-12)20-17(22)16(21)13-7-3-2-4-8-13/h2-10,15-16,21H,11H2,1H3,(H,20,22)/t15-,16+/m1/s1. The number of hydrogen-bond acceptors (Lipinski definition) is 4. The van der Waals surface area contributed by atoms with Crippen LogP contribution in [0.4, 0.5) is 0 Å². The van der Waals surface area contributed by atoms with E-state index in [1.54, 1.807) is 30.3 Å². The van der Waals surface area contributed by atoms with Gasteiger partial charge in [0, 0.05) is 9.99 Å². The number of hydrogen-bond donors (Lipinski definition) is 2. The first-order valence-corrected chi connectivity index (χ1v) is 8.45. The van der Waals surface area contributed by atoms with Crippen LogP contribution in [-0.4, -0.2) is 30.1 Å². The quantitative estimate of drug-likeness (QED) is 0.535. The second kappa shape index (κ2) is 8.79. The fraction of sp³-hybridized carbons (Fsp3) is 0.222. The highest BCUT2D eigenvalue weighted by Crippen LogP contribution is 2.14. The zero-order valence-corrected chi connectivity index (χ0v) is 15.3. The van der Waals surface area contributed by atoms with Gasteiger partial charge in [0.1, 0.15) is 6.04 Å². The summed E-state index contributed by atoms with van der Waals surface area (Å²) in [4.78, 5) is 24.2. The van der Waals surface area contributed by atoms with Crippen LogP contribution >= 0.6 is 22.6 Å². The van der Waals surface area contributed by atoms with Gasteiger partial charge in [0.2, 0.25) is 0 Å². The summed E-state index contributed by atoms with van der Waals surface area (Å²) in [6, 6.07) is 15.3. The molecular weight excluding hydrogens is 421 g/mol. The van der Waals surface area contributed by atoms with Crippen molar-refractivity contribution in [2.45, 2.75) is 18.6 Å². The van der Waals surface area contributed by atoms with Crippen LogP contribution in [0.3, 0.4) is 0 Å². The SMILES string of the molecule is COC(=O)[C@@H](Cc1cccc(I)c1)NC(=O)[C@@H](O)c1ccccc1. The summed E-state index contributed by atoms with van der Waals surface area (Å²) in [6.45, 7) is 0. The lowest BCUT2D eigenvalue weighted by atomic mass is 10.0. The van der Waals surface area contributed by atoms with E-state index in [4.69, 9.17) is 4.74 Å². The van der Waals surface area contributed by atoms with Gasteiger partial charge in [-0.05, 0) is 45.9 Å². The Balaban J connectivity index is 2.11. The van der Waals surface area contributed by atoms with E-state index in [1.807, 2.05) is 24.3 Å². The molecule has 2 atom stereocenters. The smallest absolute Gasteiger partial charge is 0.328 e. The molecule has 0 bridgehead atoms. The summed E-state index contributed by atoms with van der Waals surface area (Å²) < 4.78 is 5.80. The molecule has 6 heteroatoms. The van der Waals surface area contributed by atoms with Gasteiger partial charge in [-0.3, -0.25) is 4.79 Å². The van der Waals surface area contributed by atoms with Crippen LogP contribution in [0.5, 0.6) is 0 Å². The fourth-order valence-corrected chi connectivity index (χ4v) is 2.88. The molecule has 0 fully saturated rings. The number of aliphatic hydroxyl groups is 1. The number of nitrogens with one attached hydrogen (secondary N) is 1. The molecule has 126 valence electrons. The number of aliphatic hydroxyl groups excluding tert-OH is 1. The van der Waals surface area contributed by atoms with E-state index in [9.17, 15) is 14.7 Å². The highest BCUT2D eigenvalue weighted by molar-refractivity contribution is 14.1. The third-order valence-corrected chi connectivity index (χ3v) is 4.17. The number of ether oxygens (including phenoxy) is 1. The molecule has 0 aliphatic heterocycles. The van der Waals surface area contributed by atoms with Crippen molar-refractivity contribution in [2.24, 2.45) is 0 Å². The molecule has 0 saturated carbocycles. The third kappa shape index (κ3) is 5.04. The summed E-state index contributed by atoms with van der Waals surface area (Å²) in [6.07, 6.45) is -1.05. The van der Waals surface area contributed by atoms with E-state index in [2.05, 4.69) is 27.9 Å². The molecular formula is C18H18INO4. The number of carbonyl (C=O) groups excluding carboxylic acids is 2. The lowest BCUT2D eigenvalue weighted by Gasteiger charge is -2.19. The van der Waals surface area contributed by atoms with Crippen molar-refractivity contribution in [1.82, 2.24) is 5.32 Å². The molecule has 0 aliphatic rings. The minimum absolute atomic E-state index is 0.288. The van der Waals surface area contributed by atoms with Gasteiger partial charge in [-0.15, -0.1) is 0 Å². The van der Waals surface area contributed by atoms with E-state index in [-0.39, 0.29) is 6.42 Å². The molecule has 2 aromatic rings. The van der Waals surface area contributed by atoms with Crippen LogP contribution in [0.1, 0.15) is 17.2 Å². The van der Waals surface area contributed by atoms with Crippen molar-refractivity contribution in [3.05, 3.63) is 69.3 Å². The fourth-order valence-electron chi connectivity index (χ4n) is 2.27. The number of benzene rings is 2. The zero-order valence-electron chi connectivity index (χ0n) is 13.1. The van der Waals surface area contributed by atoms with Gasteiger partial charge in [-0.1, -0.05) is 42.5 Å². The van der Waals surface area contributed by atoms with Gasteiger partial charge in [-0.25, -0.2) is 4.79 Å². The summed E-state index contributed by atoms with van der Waals surface area (Å²) in [5.41, 5.74) is 1.36. The number of rotatable bonds is 6. The Morgan fingerprint density at radius 3 is 2.50 bits per heavy atom. The summed E-state index contributed by atoms with van der Waals surface area (Å²) in [7, 11) is 1.27. The van der Waals surface area contributed by atoms with E-state index < -0.39 is 24.0 Å². The largest absolute Gasteiger partial charge is 0.467 e. The number of methoxy groups -OCH3 is 1. The average molecular weight is 439 g/mol. The number of esters is 1. The maximum Gasteiger partial charge on any atom is 0.328 e. The summed E-state index contributed by atoms with van der Waals surface area (Å²) in [5.74, 6) is -1.19. The Morgan fingerprint density at radius 1 is 1.17 bits per heavy atom. The summed E-state index contributed by atoms with van der Waals surface area (Å²) >= 11 is 2.18. The minimum Gasteiger partial charge on any atom is -0.467 e. The van der Waals surface area contributed by atoms with Crippen LogP contribution in [0.25, 0.3) is 0 Å². The molecule has 0 radical (unpaired) electrons. The van der Waals surface area contributed by atoms with Gasteiger partial charge in [0.05, 0.1) is 7.11 Å². The van der Waals surface area contributed by atoms with Gasteiger partial charge < -0.3 is 15.2 Å².